The van der Waals surface area contributed by atoms with Gasteiger partial charge in [0, 0.05) is 6.54 Å². The van der Waals surface area contributed by atoms with E-state index >= 15 is 0 Å². The lowest BCUT2D eigenvalue weighted by atomic mass is 9.76. The largest absolute Gasteiger partial charge is 0.383 e. The van der Waals surface area contributed by atoms with Gasteiger partial charge in [-0.1, -0.05) is 13.8 Å². The number of anilines is 1. The standard InChI is InChI=1S/C12H19N2O3P.ClH/c1-3-12(4-2)7-10-9(13-8-12)5-6-11(14-10)18(15,16)17;/h5-6,13H,3-4,7-8H2,1-2H3,(H2,15,16,17);1H. The lowest BCUT2D eigenvalue weighted by molar-refractivity contribution is 0.270. The fourth-order valence-corrected chi connectivity index (χ4v) is 2.92. The van der Waals surface area contributed by atoms with E-state index in [1.807, 2.05) is 0 Å². The summed E-state index contributed by atoms with van der Waals surface area (Å²) in [5, 5.41) is 3.32. The molecule has 0 radical (unpaired) electrons. The van der Waals surface area contributed by atoms with Crippen LogP contribution in [0.3, 0.4) is 0 Å². The number of hydrogen-bond acceptors (Lipinski definition) is 3. The molecule has 1 aliphatic rings. The van der Waals surface area contributed by atoms with Crippen molar-refractivity contribution >= 4 is 31.1 Å². The number of pyridine rings is 1. The highest BCUT2D eigenvalue weighted by Gasteiger charge is 2.33. The van der Waals surface area contributed by atoms with Gasteiger partial charge in [0.2, 0.25) is 0 Å². The van der Waals surface area contributed by atoms with Crippen molar-refractivity contribution in [3.05, 3.63) is 17.8 Å². The van der Waals surface area contributed by atoms with Gasteiger partial charge in [0.1, 0.15) is 0 Å². The molecule has 1 aromatic rings. The average molecular weight is 307 g/mol. The summed E-state index contributed by atoms with van der Waals surface area (Å²) in [6, 6.07) is 3.11. The normalized spacial score (nSPS) is 17.1. The zero-order valence-corrected chi connectivity index (χ0v) is 12.8. The molecular formula is C12H20ClN2O3P. The molecule has 0 bridgehead atoms. The zero-order valence-electron chi connectivity index (χ0n) is 11.1. The lowest BCUT2D eigenvalue weighted by Crippen LogP contribution is -2.36. The number of fused-ring (bicyclic) bond motifs is 1. The number of nitrogens with zero attached hydrogens (tertiary/aromatic N) is 1. The third kappa shape index (κ3) is 3.29. The zero-order chi connectivity index (χ0) is 13.4. The van der Waals surface area contributed by atoms with Crippen LogP contribution in [-0.2, 0) is 11.0 Å². The van der Waals surface area contributed by atoms with E-state index in [2.05, 4.69) is 24.1 Å². The van der Waals surface area contributed by atoms with Crippen molar-refractivity contribution < 1.29 is 14.4 Å². The topological polar surface area (TPSA) is 82.5 Å². The van der Waals surface area contributed by atoms with Crippen molar-refractivity contribution in [2.24, 2.45) is 5.41 Å². The molecule has 0 spiro atoms. The second kappa shape index (κ2) is 5.80. The van der Waals surface area contributed by atoms with Gasteiger partial charge in [-0.05, 0) is 36.8 Å². The maximum absolute atomic E-state index is 11.2. The molecule has 0 aromatic carbocycles. The molecule has 2 rings (SSSR count). The SMILES string of the molecule is CCC1(CC)CNc2ccc(P(=O)(O)O)nc2C1.Cl. The summed E-state index contributed by atoms with van der Waals surface area (Å²) in [4.78, 5) is 22.5. The minimum Gasteiger partial charge on any atom is -0.383 e. The van der Waals surface area contributed by atoms with Gasteiger partial charge in [-0.3, -0.25) is 4.57 Å². The second-order valence-electron chi connectivity index (χ2n) is 4.95. The van der Waals surface area contributed by atoms with Gasteiger partial charge in [0.05, 0.1) is 11.4 Å². The first-order valence-corrected chi connectivity index (χ1v) is 7.81. The minimum absolute atomic E-state index is 0. The highest BCUT2D eigenvalue weighted by Crippen LogP contribution is 2.38. The smallest absolute Gasteiger partial charge is 0.374 e. The number of aromatic nitrogens is 1. The van der Waals surface area contributed by atoms with Gasteiger partial charge >= 0.3 is 7.60 Å². The highest BCUT2D eigenvalue weighted by molar-refractivity contribution is 7.60. The van der Waals surface area contributed by atoms with Crippen molar-refractivity contribution in [2.45, 2.75) is 33.1 Å². The van der Waals surface area contributed by atoms with Crippen LogP contribution in [0, 0.1) is 5.41 Å². The summed E-state index contributed by atoms with van der Waals surface area (Å²) in [6.45, 7) is 5.18. The predicted molar refractivity (Wildman–Crippen MR) is 78.4 cm³/mol. The molecule has 0 aliphatic carbocycles. The van der Waals surface area contributed by atoms with Crippen molar-refractivity contribution in [1.29, 1.82) is 0 Å². The van der Waals surface area contributed by atoms with E-state index in [4.69, 9.17) is 9.79 Å². The lowest BCUT2D eigenvalue weighted by Gasteiger charge is -2.37. The molecule has 5 nitrogen and oxygen atoms in total. The monoisotopic (exact) mass is 306 g/mol. The van der Waals surface area contributed by atoms with E-state index in [0.717, 1.165) is 37.2 Å². The Labute approximate surface area is 119 Å². The van der Waals surface area contributed by atoms with Crippen LogP contribution in [0.2, 0.25) is 0 Å². The maximum Gasteiger partial charge on any atom is 0.374 e. The second-order valence-corrected chi connectivity index (χ2v) is 6.49. The fourth-order valence-electron chi connectivity index (χ4n) is 2.40. The summed E-state index contributed by atoms with van der Waals surface area (Å²) in [5.74, 6) is 0. The number of hydrogen-bond donors (Lipinski definition) is 3. The Morgan fingerprint density at radius 1 is 1.37 bits per heavy atom. The van der Waals surface area contributed by atoms with Crippen LogP contribution in [-0.4, -0.2) is 21.3 Å². The first-order chi connectivity index (χ1) is 8.40. The molecule has 1 aromatic heterocycles. The quantitative estimate of drug-likeness (QED) is 0.745. The van der Waals surface area contributed by atoms with E-state index in [1.165, 1.54) is 6.07 Å². The molecule has 0 amide bonds. The molecule has 0 saturated heterocycles. The Morgan fingerprint density at radius 3 is 2.53 bits per heavy atom. The van der Waals surface area contributed by atoms with E-state index < -0.39 is 7.60 Å². The van der Waals surface area contributed by atoms with E-state index in [-0.39, 0.29) is 23.3 Å². The van der Waals surface area contributed by atoms with Crippen molar-refractivity contribution in [3.8, 4) is 0 Å². The Balaban J connectivity index is 0.00000180. The van der Waals surface area contributed by atoms with Crippen molar-refractivity contribution in [3.63, 3.8) is 0 Å². The molecule has 3 N–H and O–H groups in total. The average Bonchev–Trinajstić information content (AvgIpc) is 2.36. The summed E-state index contributed by atoms with van der Waals surface area (Å²) in [5.41, 5.74) is 1.68. The van der Waals surface area contributed by atoms with Crippen LogP contribution in [0.4, 0.5) is 5.69 Å². The van der Waals surface area contributed by atoms with Crippen LogP contribution >= 0.6 is 20.0 Å². The molecule has 19 heavy (non-hydrogen) atoms. The third-order valence-corrected chi connectivity index (χ3v) is 4.80. The number of nitrogens with one attached hydrogen (secondary N) is 1. The Morgan fingerprint density at radius 2 is 2.00 bits per heavy atom. The van der Waals surface area contributed by atoms with Crippen LogP contribution in [0.5, 0.6) is 0 Å². The highest BCUT2D eigenvalue weighted by atomic mass is 35.5. The molecule has 2 heterocycles. The summed E-state index contributed by atoms with van der Waals surface area (Å²) >= 11 is 0. The fraction of sp³-hybridized carbons (Fsp3) is 0.583. The predicted octanol–water partition coefficient (Wildman–Crippen LogP) is 2.08. The molecule has 1 aliphatic heterocycles. The minimum atomic E-state index is -4.26. The Kier molecular flexibility index (Phi) is 5.02. The summed E-state index contributed by atoms with van der Waals surface area (Å²) in [7, 11) is -4.26. The first kappa shape index (κ1) is 16.4. The van der Waals surface area contributed by atoms with E-state index in [0.29, 0.717) is 0 Å². The molecule has 0 saturated carbocycles. The molecule has 108 valence electrons. The molecule has 0 unspecified atom stereocenters. The Bertz CT molecular complexity index is 500. The van der Waals surface area contributed by atoms with E-state index in [1.54, 1.807) is 6.07 Å². The van der Waals surface area contributed by atoms with Gasteiger partial charge in [-0.2, -0.15) is 0 Å². The van der Waals surface area contributed by atoms with Crippen LogP contribution in [0.15, 0.2) is 12.1 Å². The molecule has 0 atom stereocenters. The van der Waals surface area contributed by atoms with Crippen LogP contribution in [0.1, 0.15) is 32.4 Å². The van der Waals surface area contributed by atoms with Gasteiger partial charge in [0.25, 0.3) is 0 Å². The van der Waals surface area contributed by atoms with Gasteiger partial charge in [-0.25, -0.2) is 4.98 Å². The third-order valence-electron chi connectivity index (χ3n) is 3.95. The Hall–Kier alpha value is -0.610. The van der Waals surface area contributed by atoms with E-state index in [9.17, 15) is 4.57 Å². The first-order valence-electron chi connectivity index (χ1n) is 6.20. The van der Waals surface area contributed by atoms with Gasteiger partial charge < -0.3 is 15.1 Å². The summed E-state index contributed by atoms with van der Waals surface area (Å²) in [6.07, 6.45) is 2.83. The van der Waals surface area contributed by atoms with Crippen molar-refractivity contribution in [1.82, 2.24) is 4.98 Å². The molecule has 7 heteroatoms. The number of rotatable bonds is 3. The summed E-state index contributed by atoms with van der Waals surface area (Å²) < 4.78 is 11.2. The maximum atomic E-state index is 11.2. The van der Waals surface area contributed by atoms with Crippen LogP contribution in [0.25, 0.3) is 0 Å². The van der Waals surface area contributed by atoms with Gasteiger partial charge in [0.15, 0.2) is 5.44 Å². The van der Waals surface area contributed by atoms with Gasteiger partial charge in [-0.15, -0.1) is 12.4 Å². The van der Waals surface area contributed by atoms with Crippen LogP contribution < -0.4 is 10.8 Å². The molecular weight excluding hydrogens is 287 g/mol. The van der Waals surface area contributed by atoms with Crippen molar-refractivity contribution in [2.75, 3.05) is 11.9 Å². The number of halogens is 1. The molecule has 0 fully saturated rings.